The number of benzene rings is 2. The predicted molar refractivity (Wildman–Crippen MR) is 97.5 cm³/mol. The molecule has 0 spiro atoms. The molecule has 0 fully saturated rings. The first-order valence-electron chi connectivity index (χ1n) is 7.84. The van der Waals surface area contributed by atoms with Crippen LogP contribution in [0, 0.1) is 5.82 Å². The number of carbonyl (C=O) groups excluding carboxylic acids is 1. The Morgan fingerprint density at radius 3 is 2.88 bits per heavy atom. The summed E-state index contributed by atoms with van der Waals surface area (Å²) < 4.78 is 22.2. The number of rotatable bonds is 5. The molecule has 0 atom stereocenters. The van der Waals surface area contributed by atoms with Crippen molar-refractivity contribution in [3.8, 4) is 5.75 Å². The zero-order valence-corrected chi connectivity index (χ0v) is 14.6. The van der Waals surface area contributed by atoms with Gasteiger partial charge in [0.05, 0.1) is 22.4 Å². The Labute approximate surface area is 148 Å². The molecular weight excluding hydrogens is 339 g/mol. The van der Waals surface area contributed by atoms with Gasteiger partial charge >= 0.3 is 0 Å². The standard InChI is InChI=1S/C19H17FN2O2S/c1-3-11-22-16-10-9-13(24-4-2)12-17(16)25-19(22)21-18(23)14-7-5-6-8-15(14)20/h3,5-10,12H,1,4,11H2,2H3. The highest BCUT2D eigenvalue weighted by Crippen LogP contribution is 2.23. The Bertz CT molecular complexity index is 1000. The third kappa shape index (κ3) is 3.53. The zero-order valence-electron chi connectivity index (χ0n) is 13.7. The second-order valence-corrected chi connectivity index (χ2v) is 6.25. The Morgan fingerprint density at radius 1 is 1.36 bits per heavy atom. The SMILES string of the molecule is C=CCn1c(=NC(=O)c2ccccc2F)sc2cc(OCC)ccc21. The molecule has 4 nitrogen and oxygen atoms in total. The van der Waals surface area contributed by atoms with E-state index in [1.165, 1.54) is 23.5 Å². The molecule has 128 valence electrons. The number of carbonyl (C=O) groups is 1. The maximum absolute atomic E-state index is 13.8. The summed E-state index contributed by atoms with van der Waals surface area (Å²) in [5, 5.41) is 0. The third-order valence-corrected chi connectivity index (χ3v) is 4.62. The molecule has 3 rings (SSSR count). The lowest BCUT2D eigenvalue weighted by Crippen LogP contribution is -2.16. The molecule has 25 heavy (non-hydrogen) atoms. The second kappa shape index (κ2) is 7.44. The molecule has 0 saturated carbocycles. The van der Waals surface area contributed by atoms with E-state index in [9.17, 15) is 9.18 Å². The lowest BCUT2D eigenvalue weighted by atomic mass is 10.2. The van der Waals surface area contributed by atoms with Crippen LogP contribution in [0.1, 0.15) is 17.3 Å². The van der Waals surface area contributed by atoms with Crippen LogP contribution in [0.5, 0.6) is 5.75 Å². The van der Waals surface area contributed by atoms with Crippen molar-refractivity contribution in [1.82, 2.24) is 4.57 Å². The van der Waals surface area contributed by atoms with Gasteiger partial charge in [-0.15, -0.1) is 6.58 Å². The summed E-state index contributed by atoms with van der Waals surface area (Å²) in [5.74, 6) is -0.423. The fraction of sp³-hybridized carbons (Fsp3) is 0.158. The molecule has 2 aromatic carbocycles. The molecule has 1 aromatic heterocycles. The number of amides is 1. The van der Waals surface area contributed by atoms with E-state index in [1.54, 1.807) is 18.2 Å². The van der Waals surface area contributed by atoms with Crippen molar-refractivity contribution >= 4 is 27.5 Å². The molecule has 1 heterocycles. The molecule has 6 heteroatoms. The van der Waals surface area contributed by atoms with Crippen molar-refractivity contribution in [3.05, 3.63) is 71.3 Å². The van der Waals surface area contributed by atoms with Gasteiger partial charge in [0.15, 0.2) is 4.80 Å². The number of hydrogen-bond acceptors (Lipinski definition) is 3. The van der Waals surface area contributed by atoms with Gasteiger partial charge in [-0.3, -0.25) is 4.79 Å². The first kappa shape index (κ1) is 17.1. The molecule has 0 aliphatic rings. The van der Waals surface area contributed by atoms with Gasteiger partial charge in [-0.05, 0) is 37.3 Å². The zero-order chi connectivity index (χ0) is 17.8. The number of nitrogens with zero attached hydrogens (tertiary/aromatic N) is 2. The van der Waals surface area contributed by atoms with Crippen molar-refractivity contribution in [3.63, 3.8) is 0 Å². The van der Waals surface area contributed by atoms with Crippen LogP contribution in [0.2, 0.25) is 0 Å². The van der Waals surface area contributed by atoms with Crippen molar-refractivity contribution in [1.29, 1.82) is 0 Å². The normalized spacial score (nSPS) is 11.7. The van der Waals surface area contributed by atoms with Crippen molar-refractivity contribution in [2.45, 2.75) is 13.5 Å². The van der Waals surface area contributed by atoms with Gasteiger partial charge in [0.1, 0.15) is 11.6 Å². The molecular formula is C19H17FN2O2S. The van der Waals surface area contributed by atoms with Crippen LogP contribution in [0.15, 0.2) is 60.1 Å². The minimum absolute atomic E-state index is 0.0416. The number of thiazole rings is 1. The van der Waals surface area contributed by atoms with E-state index in [0.29, 0.717) is 18.0 Å². The van der Waals surface area contributed by atoms with Crippen LogP contribution in [0.4, 0.5) is 4.39 Å². The van der Waals surface area contributed by atoms with Crippen LogP contribution in [-0.2, 0) is 6.54 Å². The van der Waals surface area contributed by atoms with Gasteiger partial charge in [0.25, 0.3) is 5.91 Å². The smallest absolute Gasteiger partial charge is 0.282 e. The van der Waals surface area contributed by atoms with E-state index >= 15 is 0 Å². The molecule has 0 unspecified atom stereocenters. The fourth-order valence-electron chi connectivity index (χ4n) is 2.48. The number of halogens is 1. The summed E-state index contributed by atoms with van der Waals surface area (Å²) in [6, 6.07) is 11.5. The van der Waals surface area contributed by atoms with E-state index in [2.05, 4.69) is 11.6 Å². The maximum Gasteiger partial charge on any atom is 0.282 e. The summed E-state index contributed by atoms with van der Waals surface area (Å²) in [6.07, 6.45) is 1.73. The van der Waals surface area contributed by atoms with Crippen LogP contribution in [0.25, 0.3) is 10.2 Å². The molecule has 0 N–H and O–H groups in total. The van der Waals surface area contributed by atoms with E-state index in [0.717, 1.165) is 16.0 Å². The third-order valence-electron chi connectivity index (χ3n) is 3.58. The highest BCUT2D eigenvalue weighted by molar-refractivity contribution is 7.16. The molecule has 0 bridgehead atoms. The van der Waals surface area contributed by atoms with E-state index in [4.69, 9.17) is 4.74 Å². The topological polar surface area (TPSA) is 43.6 Å². The highest BCUT2D eigenvalue weighted by Gasteiger charge is 2.12. The summed E-state index contributed by atoms with van der Waals surface area (Å²) >= 11 is 1.36. The Hall–Kier alpha value is -2.73. The number of allylic oxidation sites excluding steroid dienone is 1. The number of fused-ring (bicyclic) bond motifs is 1. The lowest BCUT2D eigenvalue weighted by molar-refractivity contribution is 0.0994. The van der Waals surface area contributed by atoms with Gasteiger partial charge in [-0.2, -0.15) is 4.99 Å². The maximum atomic E-state index is 13.8. The first-order chi connectivity index (χ1) is 12.1. The Morgan fingerprint density at radius 2 is 2.16 bits per heavy atom. The van der Waals surface area contributed by atoms with E-state index in [-0.39, 0.29) is 5.56 Å². The predicted octanol–water partition coefficient (Wildman–Crippen LogP) is 4.17. The van der Waals surface area contributed by atoms with Crippen molar-refractivity contribution < 1.29 is 13.9 Å². The molecule has 0 radical (unpaired) electrons. The van der Waals surface area contributed by atoms with E-state index < -0.39 is 11.7 Å². The van der Waals surface area contributed by atoms with Crippen LogP contribution in [0.3, 0.4) is 0 Å². The van der Waals surface area contributed by atoms with E-state index in [1.807, 2.05) is 29.7 Å². The largest absolute Gasteiger partial charge is 0.494 e. The van der Waals surface area contributed by atoms with Crippen LogP contribution >= 0.6 is 11.3 Å². The van der Waals surface area contributed by atoms with Gasteiger partial charge in [-0.1, -0.05) is 29.5 Å². The first-order valence-corrected chi connectivity index (χ1v) is 8.66. The minimum atomic E-state index is -0.604. The van der Waals surface area contributed by atoms with Crippen molar-refractivity contribution in [2.24, 2.45) is 4.99 Å². The Kier molecular flexibility index (Phi) is 5.09. The lowest BCUT2D eigenvalue weighted by Gasteiger charge is -2.04. The monoisotopic (exact) mass is 356 g/mol. The molecule has 1 amide bonds. The Balaban J connectivity index is 2.13. The van der Waals surface area contributed by atoms with Gasteiger partial charge in [-0.25, -0.2) is 4.39 Å². The average molecular weight is 356 g/mol. The molecule has 0 aliphatic carbocycles. The average Bonchev–Trinajstić information content (AvgIpc) is 2.92. The fourth-order valence-corrected chi connectivity index (χ4v) is 3.55. The van der Waals surface area contributed by atoms with Gasteiger partial charge < -0.3 is 9.30 Å². The quantitative estimate of drug-likeness (QED) is 0.644. The van der Waals surface area contributed by atoms with Gasteiger partial charge in [0, 0.05) is 6.54 Å². The second-order valence-electron chi connectivity index (χ2n) is 5.24. The highest BCUT2D eigenvalue weighted by atomic mass is 32.1. The summed E-state index contributed by atoms with van der Waals surface area (Å²) in [6.45, 7) is 6.75. The summed E-state index contributed by atoms with van der Waals surface area (Å²) in [4.78, 5) is 17.0. The molecule has 0 saturated heterocycles. The summed E-state index contributed by atoms with van der Waals surface area (Å²) in [7, 11) is 0. The number of ether oxygens (including phenoxy) is 1. The number of hydrogen-bond donors (Lipinski definition) is 0. The van der Waals surface area contributed by atoms with Gasteiger partial charge in [0.2, 0.25) is 0 Å². The van der Waals surface area contributed by atoms with Crippen molar-refractivity contribution in [2.75, 3.05) is 6.61 Å². The van der Waals surface area contributed by atoms with Crippen LogP contribution < -0.4 is 9.54 Å². The number of aromatic nitrogens is 1. The molecule has 0 aliphatic heterocycles. The minimum Gasteiger partial charge on any atom is -0.494 e. The van der Waals surface area contributed by atoms with Crippen LogP contribution in [-0.4, -0.2) is 17.1 Å². The summed E-state index contributed by atoms with van der Waals surface area (Å²) in [5.41, 5.74) is 0.883. The molecule has 3 aromatic rings.